The van der Waals surface area contributed by atoms with Crippen LogP contribution in [0.1, 0.15) is 34.7 Å². The molecule has 3 aromatic carbocycles. The molecule has 0 radical (unpaired) electrons. The molecule has 0 saturated heterocycles. The van der Waals surface area contributed by atoms with Gasteiger partial charge < -0.3 is 9.84 Å². The highest BCUT2D eigenvalue weighted by atomic mass is 79.9. The van der Waals surface area contributed by atoms with E-state index in [-0.39, 0.29) is 17.4 Å². The Hall–Kier alpha value is -2.94. The van der Waals surface area contributed by atoms with Crippen molar-refractivity contribution in [1.82, 2.24) is 4.57 Å². The van der Waals surface area contributed by atoms with Crippen molar-refractivity contribution in [3.63, 3.8) is 0 Å². The first kappa shape index (κ1) is 23.5. The first-order valence-electron chi connectivity index (χ1n) is 11.4. The molecule has 0 bridgehead atoms. The summed E-state index contributed by atoms with van der Waals surface area (Å²) in [6.07, 6.45) is 3.56. The third-order valence-corrected chi connectivity index (χ3v) is 8.84. The third-order valence-electron chi connectivity index (χ3n) is 6.64. The number of aromatic nitrogens is 1. The quantitative estimate of drug-likeness (QED) is 0.325. The molecular weight excluding hydrogens is 604 g/mol. The highest BCUT2D eigenvalue weighted by Gasteiger charge is 2.33. The van der Waals surface area contributed by atoms with Crippen molar-refractivity contribution in [3.8, 4) is 11.5 Å². The van der Waals surface area contributed by atoms with Crippen molar-refractivity contribution in [2.24, 2.45) is 4.99 Å². The number of aromatic hydroxyl groups is 1. The first-order valence-corrected chi connectivity index (χ1v) is 13.8. The van der Waals surface area contributed by atoms with Crippen LogP contribution in [0, 0.1) is 0 Å². The molecule has 5 nitrogen and oxygen atoms in total. The van der Waals surface area contributed by atoms with Crippen LogP contribution in [-0.4, -0.2) is 16.8 Å². The van der Waals surface area contributed by atoms with Gasteiger partial charge in [-0.1, -0.05) is 53.8 Å². The minimum absolute atomic E-state index is 0.0969. The van der Waals surface area contributed by atoms with Crippen LogP contribution < -0.4 is 19.6 Å². The van der Waals surface area contributed by atoms with Crippen LogP contribution >= 0.6 is 43.2 Å². The SMILES string of the molecule is COc1ccccc1[C@H]1C2=C(N=c3s/c(=C\c4cc(Br)c(O)c(Br)c4)c(=O)n31)c1ccccc1CC2. The van der Waals surface area contributed by atoms with Gasteiger partial charge in [-0.25, -0.2) is 4.99 Å². The van der Waals surface area contributed by atoms with Gasteiger partial charge in [0, 0.05) is 11.1 Å². The maximum atomic E-state index is 13.9. The van der Waals surface area contributed by atoms with Gasteiger partial charge in [0.25, 0.3) is 5.56 Å². The molecule has 2 heterocycles. The molecule has 36 heavy (non-hydrogen) atoms. The number of phenols is 1. The number of allylic oxidation sites excluding steroid dienone is 1. The van der Waals surface area contributed by atoms with E-state index in [1.54, 1.807) is 19.2 Å². The maximum absolute atomic E-state index is 13.9. The number of halogens is 2. The number of hydrogen-bond donors (Lipinski definition) is 1. The number of benzene rings is 3. The van der Waals surface area contributed by atoms with Crippen LogP contribution in [0.4, 0.5) is 0 Å². The number of methoxy groups -OCH3 is 1. The Balaban J connectivity index is 1.64. The Morgan fingerprint density at radius 1 is 1.08 bits per heavy atom. The Morgan fingerprint density at radius 2 is 1.81 bits per heavy atom. The number of thiazole rings is 1. The zero-order valence-electron chi connectivity index (χ0n) is 19.2. The van der Waals surface area contributed by atoms with E-state index < -0.39 is 0 Å². The highest BCUT2D eigenvalue weighted by molar-refractivity contribution is 9.11. The van der Waals surface area contributed by atoms with Gasteiger partial charge >= 0.3 is 0 Å². The van der Waals surface area contributed by atoms with Gasteiger partial charge in [0.1, 0.15) is 11.5 Å². The lowest BCUT2D eigenvalue weighted by Gasteiger charge is -2.31. The molecule has 1 aliphatic heterocycles. The van der Waals surface area contributed by atoms with Crippen LogP contribution in [0.15, 0.2) is 85.0 Å². The lowest BCUT2D eigenvalue weighted by atomic mass is 9.83. The van der Waals surface area contributed by atoms with Crippen molar-refractivity contribution >= 4 is 55.0 Å². The molecule has 1 aliphatic carbocycles. The molecule has 0 saturated carbocycles. The predicted octanol–water partition coefficient (Wildman–Crippen LogP) is 5.56. The topological polar surface area (TPSA) is 63.8 Å². The molecular formula is C28H20Br2N2O3S. The summed E-state index contributed by atoms with van der Waals surface area (Å²) in [5.41, 5.74) is 6.13. The number of hydrogen-bond acceptors (Lipinski definition) is 5. The molecule has 2 aliphatic rings. The molecule has 8 heteroatoms. The minimum atomic E-state index is -0.304. The first-order chi connectivity index (χ1) is 17.5. The van der Waals surface area contributed by atoms with Crippen molar-refractivity contribution in [3.05, 3.63) is 117 Å². The van der Waals surface area contributed by atoms with Crippen molar-refractivity contribution in [2.75, 3.05) is 7.11 Å². The number of phenolic OH excluding ortho intramolecular Hbond substituents is 1. The molecule has 1 aromatic heterocycles. The van der Waals surface area contributed by atoms with Gasteiger partial charge in [0.2, 0.25) is 0 Å². The standard InChI is InChI=1S/C28H20Br2N2O3S/c1-35-22-9-5-4-8-18(22)25-19-11-10-16-6-2-3-7-17(16)24(19)31-28-32(25)27(34)23(36-28)14-15-12-20(29)26(33)21(30)13-15/h2-9,12-14,25,33H,10-11H2,1H3/b23-14-/t25-/m0/s1. The van der Waals surface area contributed by atoms with E-state index in [1.165, 1.54) is 16.9 Å². The van der Waals surface area contributed by atoms with Crippen LogP contribution in [0.2, 0.25) is 0 Å². The Labute approximate surface area is 228 Å². The molecule has 0 unspecified atom stereocenters. The number of para-hydroxylation sites is 1. The van der Waals surface area contributed by atoms with Crippen molar-refractivity contribution in [2.45, 2.75) is 18.9 Å². The second-order valence-corrected chi connectivity index (χ2v) is 11.4. The van der Waals surface area contributed by atoms with Gasteiger partial charge in [0.05, 0.1) is 32.3 Å². The van der Waals surface area contributed by atoms with Crippen molar-refractivity contribution < 1.29 is 9.84 Å². The van der Waals surface area contributed by atoms with Crippen LogP contribution in [0.25, 0.3) is 11.8 Å². The molecule has 1 atom stereocenters. The average Bonchev–Trinajstić information content (AvgIpc) is 3.20. The summed E-state index contributed by atoms with van der Waals surface area (Å²) in [5.74, 6) is 0.868. The highest BCUT2D eigenvalue weighted by Crippen LogP contribution is 2.43. The second-order valence-electron chi connectivity index (χ2n) is 8.69. The summed E-state index contributed by atoms with van der Waals surface area (Å²) in [4.78, 5) is 19.6. The van der Waals surface area contributed by atoms with Gasteiger partial charge in [-0.05, 0) is 85.7 Å². The number of ether oxygens (including phenoxy) is 1. The molecule has 1 N–H and O–H groups in total. The fraction of sp³-hybridized carbons (Fsp3) is 0.143. The number of fused-ring (bicyclic) bond motifs is 3. The third kappa shape index (κ3) is 3.79. The smallest absolute Gasteiger partial charge is 0.271 e. The summed E-state index contributed by atoms with van der Waals surface area (Å²) in [6, 6.07) is 19.5. The van der Waals surface area contributed by atoms with Crippen LogP contribution in [0.5, 0.6) is 11.5 Å². The van der Waals surface area contributed by atoms with Crippen molar-refractivity contribution in [1.29, 1.82) is 0 Å². The molecule has 180 valence electrons. The van der Waals surface area contributed by atoms with Gasteiger partial charge in [-0.15, -0.1) is 0 Å². The Kier molecular flexibility index (Phi) is 5.98. The lowest BCUT2D eigenvalue weighted by Crippen LogP contribution is -2.39. The van der Waals surface area contributed by atoms with E-state index in [2.05, 4.69) is 50.1 Å². The molecule has 0 spiro atoms. The number of rotatable bonds is 3. The summed E-state index contributed by atoms with van der Waals surface area (Å²) < 4.78 is 9.22. The molecule has 0 fully saturated rings. The fourth-order valence-electron chi connectivity index (χ4n) is 5.01. The maximum Gasteiger partial charge on any atom is 0.271 e. The number of aryl methyl sites for hydroxylation is 1. The molecule has 6 rings (SSSR count). The van der Waals surface area contributed by atoms with Crippen LogP contribution in [-0.2, 0) is 6.42 Å². The van der Waals surface area contributed by atoms with E-state index in [4.69, 9.17) is 9.73 Å². The van der Waals surface area contributed by atoms with E-state index >= 15 is 0 Å². The van der Waals surface area contributed by atoms with E-state index in [9.17, 15) is 9.90 Å². The summed E-state index contributed by atoms with van der Waals surface area (Å²) in [7, 11) is 1.66. The van der Waals surface area contributed by atoms with Gasteiger partial charge in [0.15, 0.2) is 4.80 Å². The normalized spacial score (nSPS) is 16.8. The predicted molar refractivity (Wildman–Crippen MR) is 149 cm³/mol. The zero-order valence-corrected chi connectivity index (χ0v) is 23.2. The second kappa shape index (κ2) is 9.18. The zero-order chi connectivity index (χ0) is 25.0. The van der Waals surface area contributed by atoms with Gasteiger partial charge in [-0.3, -0.25) is 9.36 Å². The van der Waals surface area contributed by atoms with E-state index in [1.807, 2.05) is 41.0 Å². The Morgan fingerprint density at radius 3 is 2.58 bits per heavy atom. The summed E-state index contributed by atoms with van der Waals surface area (Å²) in [5, 5.41) is 10.1. The van der Waals surface area contributed by atoms with Gasteiger partial charge in [-0.2, -0.15) is 0 Å². The monoisotopic (exact) mass is 622 g/mol. The molecule has 4 aromatic rings. The molecule has 0 amide bonds. The van der Waals surface area contributed by atoms with E-state index in [0.29, 0.717) is 18.3 Å². The number of nitrogens with zero attached hydrogens (tertiary/aromatic N) is 2. The Bertz CT molecular complexity index is 1730. The fourth-order valence-corrected chi connectivity index (χ4v) is 7.23. The van der Waals surface area contributed by atoms with Crippen LogP contribution in [0.3, 0.4) is 0 Å². The summed E-state index contributed by atoms with van der Waals surface area (Å²) in [6.45, 7) is 0. The van der Waals surface area contributed by atoms with E-state index in [0.717, 1.165) is 46.6 Å². The minimum Gasteiger partial charge on any atom is -0.506 e. The summed E-state index contributed by atoms with van der Waals surface area (Å²) >= 11 is 8.13. The lowest BCUT2D eigenvalue weighted by molar-refractivity contribution is 0.402. The average molecular weight is 624 g/mol. The largest absolute Gasteiger partial charge is 0.506 e.